The second kappa shape index (κ2) is 3.64. The number of ether oxygens (including phenoxy) is 1. The molecule has 0 atom stereocenters. The van der Waals surface area contributed by atoms with Crippen LogP contribution in [0.4, 0.5) is 11.4 Å². The number of nitro groups is 1. The molecule has 2 bridgehead atoms. The van der Waals surface area contributed by atoms with Gasteiger partial charge >= 0.3 is 7.82 Å². The van der Waals surface area contributed by atoms with Crippen molar-refractivity contribution < 1.29 is 28.1 Å². The molecule has 0 amide bonds. The van der Waals surface area contributed by atoms with Crippen LogP contribution in [0.25, 0.3) is 0 Å². The number of nitrogens with zero attached hydrogens (tertiary/aromatic N) is 3. The maximum Gasteiger partial charge on any atom is 0.538 e. The second-order valence-corrected chi connectivity index (χ2v) is 4.70. The Morgan fingerprint density at radius 3 is 2.61 bits per heavy atom. The van der Waals surface area contributed by atoms with Crippen molar-refractivity contribution >= 4 is 19.2 Å². The number of methoxy groups -OCH3 is 1. The van der Waals surface area contributed by atoms with Crippen LogP contribution in [0.15, 0.2) is 18.2 Å². The average Bonchev–Trinajstić information content (AvgIpc) is 2.81. The Labute approximate surface area is 99.8 Å². The third kappa shape index (κ3) is 1.55. The first-order valence-electron chi connectivity index (χ1n) is 4.64. The molecule has 0 aromatic heterocycles. The molecule has 0 aliphatic carbocycles. The summed E-state index contributed by atoms with van der Waals surface area (Å²) in [6.45, 7) is 0. The second-order valence-electron chi connectivity index (χ2n) is 3.32. The Balaban J connectivity index is 2.02. The molecule has 0 spiro atoms. The molecule has 3 aliphatic rings. The van der Waals surface area contributed by atoms with Crippen molar-refractivity contribution in [2.24, 2.45) is 0 Å². The van der Waals surface area contributed by atoms with Crippen LogP contribution < -0.4 is 9.91 Å². The summed E-state index contributed by atoms with van der Waals surface area (Å²) in [5.41, 5.74) is -0.0418. The molecule has 3 fully saturated rings. The van der Waals surface area contributed by atoms with Crippen molar-refractivity contribution in [1.29, 1.82) is 0 Å². The summed E-state index contributed by atoms with van der Waals surface area (Å²) in [5, 5.41) is 12.3. The normalized spacial score (nSPS) is 28.9. The predicted octanol–water partition coefficient (Wildman–Crippen LogP) is 1.56. The van der Waals surface area contributed by atoms with Gasteiger partial charge in [-0.15, -0.1) is 19.0 Å². The fourth-order valence-electron chi connectivity index (χ4n) is 1.47. The molecule has 4 rings (SSSR count). The lowest BCUT2D eigenvalue weighted by Crippen LogP contribution is -2.34. The Kier molecular flexibility index (Phi) is 2.30. The van der Waals surface area contributed by atoms with Crippen LogP contribution in [-0.4, -0.2) is 17.4 Å². The summed E-state index contributed by atoms with van der Waals surface area (Å²) >= 11 is 0. The van der Waals surface area contributed by atoms with Crippen molar-refractivity contribution in [1.82, 2.24) is 5.34 Å². The van der Waals surface area contributed by atoms with E-state index in [1.165, 1.54) is 25.3 Å². The van der Waals surface area contributed by atoms with Crippen molar-refractivity contribution in [3.8, 4) is 5.75 Å². The molecule has 0 unspecified atom stereocenters. The van der Waals surface area contributed by atoms with Crippen LogP contribution in [-0.2, 0) is 18.4 Å². The average molecular weight is 275 g/mol. The van der Waals surface area contributed by atoms with Gasteiger partial charge in [-0.25, -0.2) is 4.57 Å². The van der Waals surface area contributed by atoms with E-state index >= 15 is 0 Å². The summed E-state index contributed by atoms with van der Waals surface area (Å²) in [6, 6.07) is 3.82. The quantitative estimate of drug-likeness (QED) is 0.461. The fourth-order valence-corrected chi connectivity index (χ4v) is 2.36. The zero-order chi connectivity index (χ0) is 12.9. The zero-order valence-electron chi connectivity index (χ0n) is 8.88. The van der Waals surface area contributed by atoms with Crippen LogP contribution in [0.1, 0.15) is 0 Å². The number of fused-ring (bicyclic) bond motifs is 1. The Morgan fingerprint density at radius 1 is 1.39 bits per heavy atom. The van der Waals surface area contributed by atoms with E-state index in [2.05, 4.69) is 9.25 Å². The Hall–Kier alpha value is -1.71. The van der Waals surface area contributed by atoms with E-state index in [0.717, 1.165) is 5.17 Å². The van der Waals surface area contributed by atoms with Crippen LogP contribution in [0.3, 0.4) is 0 Å². The molecule has 10 nitrogen and oxygen atoms in total. The zero-order valence-corrected chi connectivity index (χ0v) is 9.77. The van der Waals surface area contributed by atoms with Crippen molar-refractivity contribution in [3.63, 3.8) is 0 Å². The van der Waals surface area contributed by atoms with E-state index in [-0.39, 0.29) is 17.1 Å². The van der Waals surface area contributed by atoms with Gasteiger partial charge in [0.05, 0.1) is 17.4 Å². The number of hydrogen-bond acceptors (Lipinski definition) is 9. The van der Waals surface area contributed by atoms with E-state index in [4.69, 9.17) is 9.36 Å². The largest absolute Gasteiger partial charge is 0.538 e. The first kappa shape index (κ1) is 11.4. The van der Waals surface area contributed by atoms with Crippen LogP contribution >= 0.6 is 7.82 Å². The summed E-state index contributed by atoms with van der Waals surface area (Å²) in [5.74, 6) is 0.271. The number of benzene rings is 1. The smallest absolute Gasteiger partial charge is 0.494 e. The number of hydrogen-bond donors (Lipinski definition) is 0. The molecule has 0 N–H and O–H groups in total. The predicted molar refractivity (Wildman–Crippen MR) is 54.8 cm³/mol. The molecule has 3 heterocycles. The van der Waals surface area contributed by atoms with Crippen LogP contribution in [0.2, 0.25) is 0 Å². The lowest BCUT2D eigenvalue weighted by Gasteiger charge is -2.22. The van der Waals surface area contributed by atoms with Crippen LogP contribution in [0.5, 0.6) is 5.75 Å². The third-order valence-electron chi connectivity index (χ3n) is 2.24. The molecule has 1 aromatic rings. The molecular weight excluding hydrogens is 269 g/mol. The van der Waals surface area contributed by atoms with Crippen LogP contribution in [0, 0.1) is 10.1 Å². The lowest BCUT2D eigenvalue weighted by atomic mass is 10.2. The molecule has 18 heavy (non-hydrogen) atoms. The van der Waals surface area contributed by atoms with Gasteiger partial charge in [-0.05, 0) is 6.07 Å². The van der Waals surface area contributed by atoms with Gasteiger partial charge < -0.3 is 4.74 Å². The number of hydrazine groups is 1. The topological polar surface area (TPSA) is 104 Å². The van der Waals surface area contributed by atoms with Gasteiger partial charge in [-0.2, -0.15) is 0 Å². The van der Waals surface area contributed by atoms with Gasteiger partial charge in [0, 0.05) is 12.1 Å². The van der Waals surface area contributed by atoms with Crippen molar-refractivity contribution in [3.05, 3.63) is 28.3 Å². The van der Waals surface area contributed by atoms with Gasteiger partial charge in [0.25, 0.3) is 5.69 Å². The van der Waals surface area contributed by atoms with Crippen molar-refractivity contribution in [2.45, 2.75) is 0 Å². The summed E-state index contributed by atoms with van der Waals surface area (Å²) < 4.78 is 30.5. The minimum absolute atomic E-state index is 0.141. The molecule has 11 heteroatoms. The summed E-state index contributed by atoms with van der Waals surface area (Å²) in [4.78, 5) is 10.1. The first-order chi connectivity index (χ1) is 8.52. The summed E-state index contributed by atoms with van der Waals surface area (Å²) in [7, 11) is -2.18. The van der Waals surface area contributed by atoms with Gasteiger partial charge in [-0.3, -0.25) is 10.1 Å². The number of rotatable bonds is 3. The molecule has 1 aromatic carbocycles. The first-order valence-corrected chi connectivity index (χ1v) is 6.10. The fraction of sp³-hybridized carbons (Fsp3) is 0.143. The highest BCUT2D eigenvalue weighted by molar-refractivity contribution is 7.49. The van der Waals surface area contributed by atoms with Gasteiger partial charge in [0.15, 0.2) is 0 Å². The number of non-ortho nitro benzene ring substituents is 1. The minimum Gasteiger partial charge on any atom is -0.494 e. The maximum atomic E-state index is 11.4. The highest BCUT2D eigenvalue weighted by Crippen LogP contribution is 2.68. The standard InChI is InChI=1S/C7H6N3O7P/c1-14-7-3-2-5(9(11)12)4-6(7)8-10-16-18(13,15-8)17-10/h2-4H,1H3. The Bertz CT molecular complexity index is 568. The lowest BCUT2D eigenvalue weighted by molar-refractivity contribution is -0.384. The third-order valence-corrected chi connectivity index (χ3v) is 3.28. The Morgan fingerprint density at radius 2 is 2.11 bits per heavy atom. The van der Waals surface area contributed by atoms with E-state index in [0.29, 0.717) is 5.34 Å². The van der Waals surface area contributed by atoms with Gasteiger partial charge in [-0.1, -0.05) is 0 Å². The van der Waals surface area contributed by atoms with E-state index in [1.54, 1.807) is 0 Å². The molecule has 0 radical (unpaired) electrons. The van der Waals surface area contributed by atoms with Crippen molar-refractivity contribution in [2.75, 3.05) is 12.3 Å². The number of phosphoric acid groups is 1. The number of anilines is 1. The molecule has 3 saturated heterocycles. The highest BCUT2D eigenvalue weighted by atomic mass is 31.2. The van der Waals surface area contributed by atoms with Gasteiger partial charge in [0.2, 0.25) is 0 Å². The molecule has 96 valence electrons. The molecule has 3 aliphatic heterocycles. The highest BCUT2D eigenvalue weighted by Gasteiger charge is 2.60. The molecular formula is C7H6N3O7P. The van der Waals surface area contributed by atoms with E-state index < -0.39 is 12.7 Å². The monoisotopic (exact) mass is 275 g/mol. The maximum absolute atomic E-state index is 11.4. The SMILES string of the molecule is COc1ccc([N+](=O)[O-])cc1N1OP2(=O)ON1O2. The van der Waals surface area contributed by atoms with Gasteiger partial charge in [0.1, 0.15) is 11.4 Å². The van der Waals surface area contributed by atoms with E-state index in [9.17, 15) is 14.7 Å². The minimum atomic E-state index is -3.56. The van der Waals surface area contributed by atoms with E-state index in [1.807, 2.05) is 0 Å². The number of nitro benzene ring substituents is 1. The molecule has 0 saturated carbocycles. The summed E-state index contributed by atoms with van der Waals surface area (Å²) in [6.07, 6.45) is 0.